The molecule has 3 rings (SSSR count). The molecule has 0 spiro atoms. The van der Waals surface area contributed by atoms with Gasteiger partial charge in [-0.2, -0.15) is 4.98 Å². The fourth-order valence-corrected chi connectivity index (χ4v) is 2.30. The molecule has 2 N–H and O–H groups in total. The van der Waals surface area contributed by atoms with Crippen LogP contribution in [0, 0.1) is 5.82 Å². The first-order valence-electron chi connectivity index (χ1n) is 6.32. The predicted octanol–water partition coefficient (Wildman–Crippen LogP) is 1.79. The van der Waals surface area contributed by atoms with Crippen molar-refractivity contribution >= 4 is 0 Å². The summed E-state index contributed by atoms with van der Waals surface area (Å²) in [5.41, 5.74) is 0.0329. The summed E-state index contributed by atoms with van der Waals surface area (Å²) in [6.07, 6.45) is 0.762. The Morgan fingerprint density at radius 1 is 1.35 bits per heavy atom. The second kappa shape index (κ2) is 5.05. The van der Waals surface area contributed by atoms with Crippen molar-refractivity contribution in [1.82, 2.24) is 9.97 Å². The van der Waals surface area contributed by atoms with Crippen LogP contribution in [-0.4, -0.2) is 28.3 Å². The Bertz CT molecular complexity index is 676. The molecule has 1 aromatic heterocycles. The molecule has 2 heterocycles. The predicted molar refractivity (Wildman–Crippen MR) is 70.1 cm³/mol. The molecule has 2 aromatic rings. The standard InChI is InChI=1S/C14H13FN2O3/c15-10-3-1-8(2-4-10)11-13(18)16-12(17-14(11)19)9-5-6-20-7-9/h1-4,9H,5-7H2,(H2,16,17,18,19). The maximum atomic E-state index is 12.9. The number of rotatable bonds is 2. The highest BCUT2D eigenvalue weighted by molar-refractivity contribution is 5.67. The van der Waals surface area contributed by atoms with Crippen LogP contribution in [0.1, 0.15) is 18.2 Å². The molecule has 1 aliphatic heterocycles. The van der Waals surface area contributed by atoms with Gasteiger partial charge in [0.1, 0.15) is 17.2 Å². The summed E-state index contributed by atoms with van der Waals surface area (Å²) in [6, 6.07) is 5.32. The minimum absolute atomic E-state index is 0.00383. The van der Waals surface area contributed by atoms with E-state index in [1.807, 2.05) is 0 Å². The maximum absolute atomic E-state index is 12.9. The Morgan fingerprint density at radius 2 is 2.10 bits per heavy atom. The lowest BCUT2D eigenvalue weighted by molar-refractivity contribution is 0.193. The molecular formula is C14H13FN2O3. The number of hydrogen-bond donors (Lipinski definition) is 2. The van der Waals surface area contributed by atoms with Gasteiger partial charge < -0.3 is 14.8 Å². The smallest absolute Gasteiger partial charge is 0.262 e. The number of ether oxygens (including phenoxy) is 1. The third-order valence-electron chi connectivity index (χ3n) is 3.37. The zero-order valence-electron chi connectivity index (χ0n) is 10.6. The first kappa shape index (κ1) is 12.8. The van der Waals surface area contributed by atoms with E-state index in [2.05, 4.69) is 9.97 Å². The summed E-state index contributed by atoms with van der Waals surface area (Å²) in [7, 11) is 0. The number of aromatic nitrogens is 2. The van der Waals surface area contributed by atoms with E-state index in [4.69, 9.17) is 4.74 Å². The molecule has 6 heteroatoms. The molecule has 0 aliphatic carbocycles. The SMILES string of the molecule is O=c1[nH]c(C2CCOC2)nc(O)c1-c1ccc(F)cc1. The molecule has 1 saturated heterocycles. The third-order valence-corrected chi connectivity index (χ3v) is 3.37. The molecule has 0 bridgehead atoms. The average Bonchev–Trinajstić information content (AvgIpc) is 2.94. The molecule has 0 saturated carbocycles. The number of aromatic amines is 1. The van der Waals surface area contributed by atoms with E-state index in [9.17, 15) is 14.3 Å². The number of nitrogens with one attached hydrogen (secondary N) is 1. The van der Waals surface area contributed by atoms with Gasteiger partial charge in [0.15, 0.2) is 0 Å². The zero-order valence-corrected chi connectivity index (χ0v) is 10.6. The highest BCUT2D eigenvalue weighted by atomic mass is 19.1. The monoisotopic (exact) mass is 276 g/mol. The molecule has 20 heavy (non-hydrogen) atoms. The molecule has 0 amide bonds. The molecule has 5 nitrogen and oxygen atoms in total. The zero-order chi connectivity index (χ0) is 14.1. The van der Waals surface area contributed by atoms with Crippen molar-refractivity contribution in [3.05, 3.63) is 46.3 Å². The minimum Gasteiger partial charge on any atom is -0.493 e. The summed E-state index contributed by atoms with van der Waals surface area (Å²) in [5.74, 6) is -0.327. The van der Waals surface area contributed by atoms with Crippen molar-refractivity contribution < 1.29 is 14.2 Å². The van der Waals surface area contributed by atoms with Crippen molar-refractivity contribution in [2.45, 2.75) is 12.3 Å². The van der Waals surface area contributed by atoms with Gasteiger partial charge in [0.2, 0.25) is 5.88 Å². The van der Waals surface area contributed by atoms with E-state index < -0.39 is 11.4 Å². The lowest BCUT2D eigenvalue weighted by Crippen LogP contribution is -2.16. The fraction of sp³-hybridized carbons (Fsp3) is 0.286. The number of nitrogens with zero attached hydrogens (tertiary/aromatic N) is 1. The number of hydrogen-bond acceptors (Lipinski definition) is 4. The van der Waals surface area contributed by atoms with E-state index >= 15 is 0 Å². The van der Waals surface area contributed by atoms with Crippen LogP contribution in [0.4, 0.5) is 4.39 Å². The van der Waals surface area contributed by atoms with Crippen LogP contribution in [0.15, 0.2) is 29.1 Å². The normalized spacial score (nSPS) is 18.4. The summed E-state index contributed by atoms with van der Waals surface area (Å²) >= 11 is 0. The number of H-pyrrole nitrogens is 1. The second-order valence-corrected chi connectivity index (χ2v) is 4.72. The van der Waals surface area contributed by atoms with Crippen LogP contribution in [0.25, 0.3) is 11.1 Å². The van der Waals surface area contributed by atoms with Gasteiger partial charge in [0.05, 0.1) is 6.61 Å². The van der Waals surface area contributed by atoms with Gasteiger partial charge in [-0.15, -0.1) is 0 Å². The van der Waals surface area contributed by atoms with Gasteiger partial charge in [-0.05, 0) is 24.1 Å². The van der Waals surface area contributed by atoms with E-state index in [0.29, 0.717) is 24.6 Å². The first-order valence-corrected chi connectivity index (χ1v) is 6.32. The Kier molecular flexibility index (Phi) is 3.23. The minimum atomic E-state index is -0.439. The summed E-state index contributed by atoms with van der Waals surface area (Å²) in [4.78, 5) is 18.8. The van der Waals surface area contributed by atoms with Gasteiger partial charge in [0.25, 0.3) is 5.56 Å². The van der Waals surface area contributed by atoms with Crippen LogP contribution in [0.3, 0.4) is 0 Å². The van der Waals surface area contributed by atoms with E-state index in [-0.39, 0.29) is 17.4 Å². The van der Waals surface area contributed by atoms with Crippen molar-refractivity contribution in [3.63, 3.8) is 0 Å². The molecular weight excluding hydrogens is 263 g/mol. The third kappa shape index (κ3) is 2.30. The van der Waals surface area contributed by atoms with Crippen LogP contribution in [0.5, 0.6) is 5.88 Å². The summed E-state index contributed by atoms with van der Waals surface area (Å²) in [5, 5.41) is 9.99. The van der Waals surface area contributed by atoms with Gasteiger partial charge in [0, 0.05) is 12.5 Å². The number of aromatic hydroxyl groups is 1. The van der Waals surface area contributed by atoms with Gasteiger partial charge in [-0.1, -0.05) is 12.1 Å². The largest absolute Gasteiger partial charge is 0.493 e. The van der Waals surface area contributed by atoms with Crippen LogP contribution >= 0.6 is 0 Å². The lowest BCUT2D eigenvalue weighted by atomic mass is 10.1. The van der Waals surface area contributed by atoms with Gasteiger partial charge >= 0.3 is 0 Å². The molecule has 1 atom stereocenters. The Labute approximate surface area is 114 Å². The summed E-state index contributed by atoms with van der Waals surface area (Å²) < 4.78 is 18.1. The maximum Gasteiger partial charge on any atom is 0.262 e. The van der Waals surface area contributed by atoms with Crippen LogP contribution < -0.4 is 5.56 Å². The Hall–Kier alpha value is -2.21. The van der Waals surface area contributed by atoms with E-state index in [1.54, 1.807) is 0 Å². The van der Waals surface area contributed by atoms with E-state index in [1.165, 1.54) is 24.3 Å². The molecule has 104 valence electrons. The Balaban J connectivity index is 2.04. The lowest BCUT2D eigenvalue weighted by Gasteiger charge is -2.09. The highest BCUT2D eigenvalue weighted by Crippen LogP contribution is 2.27. The van der Waals surface area contributed by atoms with Gasteiger partial charge in [-0.3, -0.25) is 4.79 Å². The molecule has 1 aliphatic rings. The van der Waals surface area contributed by atoms with Crippen molar-refractivity contribution in [2.24, 2.45) is 0 Å². The summed E-state index contributed by atoms with van der Waals surface area (Å²) in [6.45, 7) is 1.10. The quantitative estimate of drug-likeness (QED) is 0.876. The fourth-order valence-electron chi connectivity index (χ4n) is 2.30. The topological polar surface area (TPSA) is 75.2 Å². The van der Waals surface area contributed by atoms with Crippen molar-refractivity contribution in [3.8, 4) is 17.0 Å². The Morgan fingerprint density at radius 3 is 2.70 bits per heavy atom. The molecule has 1 aromatic carbocycles. The van der Waals surface area contributed by atoms with Crippen molar-refractivity contribution in [1.29, 1.82) is 0 Å². The molecule has 1 unspecified atom stereocenters. The van der Waals surface area contributed by atoms with Crippen molar-refractivity contribution in [2.75, 3.05) is 13.2 Å². The van der Waals surface area contributed by atoms with Gasteiger partial charge in [-0.25, -0.2) is 4.39 Å². The highest BCUT2D eigenvalue weighted by Gasteiger charge is 2.22. The van der Waals surface area contributed by atoms with E-state index in [0.717, 1.165) is 6.42 Å². The first-order chi connectivity index (χ1) is 9.65. The molecule has 1 fully saturated rings. The average molecular weight is 276 g/mol. The van der Waals surface area contributed by atoms with Crippen LogP contribution in [-0.2, 0) is 4.74 Å². The van der Waals surface area contributed by atoms with Crippen LogP contribution in [0.2, 0.25) is 0 Å². The number of halogens is 1. The number of benzene rings is 1. The second-order valence-electron chi connectivity index (χ2n) is 4.72. The molecule has 0 radical (unpaired) electrons.